The number of hydrogen-bond donors (Lipinski definition) is 1. The fraction of sp³-hybridized carbons (Fsp3) is 0.615. The molecule has 1 aliphatic rings. The van der Waals surface area contributed by atoms with Gasteiger partial charge in [0, 0.05) is 6.54 Å². The molecule has 110 valence electrons. The summed E-state index contributed by atoms with van der Waals surface area (Å²) in [4.78, 5) is 21.7. The van der Waals surface area contributed by atoms with E-state index in [1.54, 1.807) is 11.0 Å². The fourth-order valence-corrected chi connectivity index (χ4v) is 2.52. The Labute approximate surface area is 117 Å². The number of nitrogens with zero attached hydrogens (tertiary/aromatic N) is 3. The second-order valence-corrected chi connectivity index (χ2v) is 4.85. The first-order chi connectivity index (χ1) is 9.56. The number of carboxylic acid groups (broad SMARTS) is 1. The van der Waals surface area contributed by atoms with Gasteiger partial charge in [-0.2, -0.15) is 9.97 Å². The number of hydrogen-bond acceptors (Lipinski definition) is 6. The SMILES string of the molecule is COc1cc(OC)nc(N2CCCC(C)C2C(=O)O)n1. The number of rotatable bonds is 4. The van der Waals surface area contributed by atoms with Gasteiger partial charge in [0.2, 0.25) is 17.7 Å². The van der Waals surface area contributed by atoms with Crippen LogP contribution in [0.5, 0.6) is 11.8 Å². The van der Waals surface area contributed by atoms with Gasteiger partial charge >= 0.3 is 5.97 Å². The van der Waals surface area contributed by atoms with Crippen LogP contribution in [0.15, 0.2) is 6.07 Å². The Morgan fingerprint density at radius 1 is 1.35 bits per heavy atom. The van der Waals surface area contributed by atoms with Crippen LogP contribution in [0.2, 0.25) is 0 Å². The Hall–Kier alpha value is -2.05. The molecule has 0 amide bonds. The van der Waals surface area contributed by atoms with Crippen LogP contribution in [0.4, 0.5) is 5.95 Å². The average molecular weight is 281 g/mol. The van der Waals surface area contributed by atoms with Crippen LogP contribution in [-0.2, 0) is 4.79 Å². The van der Waals surface area contributed by atoms with Crippen LogP contribution >= 0.6 is 0 Å². The Bertz CT molecular complexity index is 472. The molecular formula is C13H19N3O4. The zero-order valence-electron chi connectivity index (χ0n) is 11.9. The number of anilines is 1. The molecule has 0 aromatic carbocycles. The zero-order valence-corrected chi connectivity index (χ0v) is 11.9. The lowest BCUT2D eigenvalue weighted by Crippen LogP contribution is -2.50. The molecular weight excluding hydrogens is 262 g/mol. The Morgan fingerprint density at radius 2 is 1.95 bits per heavy atom. The lowest BCUT2D eigenvalue weighted by Gasteiger charge is -2.37. The summed E-state index contributed by atoms with van der Waals surface area (Å²) in [6.45, 7) is 2.54. The number of methoxy groups -OCH3 is 2. The summed E-state index contributed by atoms with van der Waals surface area (Å²) in [7, 11) is 3.00. The maximum Gasteiger partial charge on any atom is 0.326 e. The van der Waals surface area contributed by atoms with Gasteiger partial charge in [-0.25, -0.2) is 4.79 Å². The maximum atomic E-state index is 11.5. The van der Waals surface area contributed by atoms with E-state index < -0.39 is 12.0 Å². The van der Waals surface area contributed by atoms with Crippen LogP contribution in [0, 0.1) is 5.92 Å². The first-order valence-electron chi connectivity index (χ1n) is 6.53. The lowest BCUT2D eigenvalue weighted by atomic mass is 9.91. The van der Waals surface area contributed by atoms with E-state index in [9.17, 15) is 9.90 Å². The third-order valence-corrected chi connectivity index (χ3v) is 3.53. The zero-order chi connectivity index (χ0) is 14.7. The van der Waals surface area contributed by atoms with Gasteiger partial charge in [0.15, 0.2) is 0 Å². The first-order valence-corrected chi connectivity index (χ1v) is 6.53. The molecule has 0 spiro atoms. The molecule has 0 saturated carbocycles. The highest BCUT2D eigenvalue weighted by Crippen LogP contribution is 2.29. The van der Waals surface area contributed by atoms with E-state index in [0.29, 0.717) is 24.3 Å². The molecule has 1 fully saturated rings. The summed E-state index contributed by atoms with van der Waals surface area (Å²) in [5.41, 5.74) is 0. The monoisotopic (exact) mass is 281 g/mol. The van der Waals surface area contributed by atoms with Crippen LogP contribution in [-0.4, -0.2) is 47.8 Å². The fourth-order valence-electron chi connectivity index (χ4n) is 2.52. The molecule has 1 aromatic rings. The van der Waals surface area contributed by atoms with E-state index in [-0.39, 0.29) is 5.92 Å². The highest BCUT2D eigenvalue weighted by atomic mass is 16.5. The molecule has 0 radical (unpaired) electrons. The molecule has 1 N–H and O–H groups in total. The van der Waals surface area contributed by atoms with E-state index in [2.05, 4.69) is 9.97 Å². The lowest BCUT2D eigenvalue weighted by molar-refractivity contribution is -0.140. The Kier molecular flexibility index (Phi) is 4.26. The molecule has 20 heavy (non-hydrogen) atoms. The van der Waals surface area contributed by atoms with E-state index >= 15 is 0 Å². The first kappa shape index (κ1) is 14.4. The van der Waals surface area contributed by atoms with Crippen molar-refractivity contribution in [3.05, 3.63) is 6.07 Å². The van der Waals surface area contributed by atoms with Crippen molar-refractivity contribution >= 4 is 11.9 Å². The van der Waals surface area contributed by atoms with Gasteiger partial charge in [-0.1, -0.05) is 6.92 Å². The normalized spacial score (nSPS) is 22.4. The summed E-state index contributed by atoms with van der Waals surface area (Å²) in [6, 6.07) is 0.938. The standard InChI is InChI=1S/C13H19N3O4/c1-8-5-4-6-16(11(8)12(17)18)13-14-9(19-2)7-10(15-13)20-3/h7-8,11H,4-6H2,1-3H3,(H,17,18). The highest BCUT2D eigenvalue weighted by molar-refractivity contribution is 5.78. The van der Waals surface area contributed by atoms with Crippen LogP contribution in [0.3, 0.4) is 0 Å². The molecule has 2 heterocycles. The summed E-state index contributed by atoms with van der Waals surface area (Å²) >= 11 is 0. The Balaban J connectivity index is 2.39. The number of aromatic nitrogens is 2. The van der Waals surface area contributed by atoms with Crippen molar-refractivity contribution in [1.82, 2.24) is 9.97 Å². The summed E-state index contributed by atoms with van der Waals surface area (Å²) in [5, 5.41) is 9.43. The molecule has 1 saturated heterocycles. The van der Waals surface area contributed by atoms with Crippen molar-refractivity contribution in [1.29, 1.82) is 0 Å². The highest BCUT2D eigenvalue weighted by Gasteiger charge is 2.36. The smallest absolute Gasteiger partial charge is 0.326 e. The predicted octanol–water partition coefficient (Wildman–Crippen LogP) is 1.18. The second-order valence-electron chi connectivity index (χ2n) is 4.85. The largest absolute Gasteiger partial charge is 0.481 e. The van der Waals surface area contributed by atoms with Crippen molar-refractivity contribution in [2.24, 2.45) is 5.92 Å². The summed E-state index contributed by atoms with van der Waals surface area (Å²) in [6.07, 6.45) is 1.79. The van der Waals surface area contributed by atoms with Crippen LogP contribution in [0.25, 0.3) is 0 Å². The van der Waals surface area contributed by atoms with Gasteiger partial charge < -0.3 is 19.5 Å². The topological polar surface area (TPSA) is 84.8 Å². The van der Waals surface area contributed by atoms with Crippen molar-refractivity contribution in [2.75, 3.05) is 25.7 Å². The predicted molar refractivity (Wildman–Crippen MR) is 72.3 cm³/mol. The molecule has 2 rings (SSSR count). The summed E-state index contributed by atoms with van der Waals surface area (Å²) in [5.74, 6) is 0.230. The molecule has 0 bridgehead atoms. The van der Waals surface area contributed by atoms with Crippen molar-refractivity contribution < 1.29 is 19.4 Å². The number of carboxylic acids is 1. The van der Waals surface area contributed by atoms with E-state index in [4.69, 9.17) is 9.47 Å². The third-order valence-electron chi connectivity index (χ3n) is 3.53. The quantitative estimate of drug-likeness (QED) is 0.887. The number of piperidine rings is 1. The van der Waals surface area contributed by atoms with Crippen molar-refractivity contribution in [2.45, 2.75) is 25.8 Å². The molecule has 2 atom stereocenters. The minimum atomic E-state index is -0.859. The van der Waals surface area contributed by atoms with E-state index in [0.717, 1.165) is 12.8 Å². The molecule has 0 aliphatic carbocycles. The maximum absolute atomic E-state index is 11.5. The third kappa shape index (κ3) is 2.76. The number of ether oxygens (including phenoxy) is 2. The van der Waals surface area contributed by atoms with Gasteiger partial charge in [-0.3, -0.25) is 0 Å². The molecule has 2 unspecified atom stereocenters. The number of aliphatic carboxylic acids is 1. The summed E-state index contributed by atoms with van der Waals surface area (Å²) < 4.78 is 10.2. The van der Waals surface area contributed by atoms with Crippen LogP contribution in [0.1, 0.15) is 19.8 Å². The van der Waals surface area contributed by atoms with Gasteiger partial charge in [0.05, 0.1) is 20.3 Å². The van der Waals surface area contributed by atoms with Gasteiger partial charge in [-0.05, 0) is 18.8 Å². The van der Waals surface area contributed by atoms with Gasteiger partial charge in [0.1, 0.15) is 6.04 Å². The van der Waals surface area contributed by atoms with E-state index in [1.807, 2.05) is 6.92 Å². The van der Waals surface area contributed by atoms with Gasteiger partial charge in [-0.15, -0.1) is 0 Å². The van der Waals surface area contributed by atoms with Gasteiger partial charge in [0.25, 0.3) is 0 Å². The van der Waals surface area contributed by atoms with Crippen molar-refractivity contribution in [3.8, 4) is 11.8 Å². The van der Waals surface area contributed by atoms with E-state index in [1.165, 1.54) is 14.2 Å². The average Bonchev–Trinajstić information content (AvgIpc) is 2.45. The van der Waals surface area contributed by atoms with Crippen molar-refractivity contribution in [3.63, 3.8) is 0 Å². The molecule has 1 aliphatic heterocycles. The Morgan fingerprint density at radius 3 is 2.45 bits per heavy atom. The minimum absolute atomic E-state index is 0.0436. The molecule has 1 aromatic heterocycles. The number of carbonyl (C=O) groups is 1. The van der Waals surface area contributed by atoms with Crippen LogP contribution < -0.4 is 14.4 Å². The molecule has 7 heteroatoms. The minimum Gasteiger partial charge on any atom is -0.481 e. The second kappa shape index (κ2) is 5.94. The molecule has 7 nitrogen and oxygen atoms in total.